The van der Waals surface area contributed by atoms with Gasteiger partial charge in [0.25, 0.3) is 0 Å². The second-order valence-corrected chi connectivity index (χ2v) is 5.50. The van der Waals surface area contributed by atoms with Gasteiger partial charge in [0.05, 0.1) is 12.2 Å². The minimum atomic E-state index is -0.744. The molecule has 1 aromatic carbocycles. The van der Waals surface area contributed by atoms with Gasteiger partial charge in [0, 0.05) is 17.4 Å². The molecule has 2 atom stereocenters. The number of amides is 1. The largest absolute Gasteiger partial charge is 0.310 e. The summed E-state index contributed by atoms with van der Waals surface area (Å²) >= 11 is 0. The van der Waals surface area contributed by atoms with E-state index in [1.807, 2.05) is 37.3 Å². The van der Waals surface area contributed by atoms with Crippen LogP contribution in [0.4, 0.5) is 5.82 Å². The van der Waals surface area contributed by atoms with Gasteiger partial charge < -0.3 is 5.32 Å². The highest BCUT2D eigenvalue weighted by atomic mass is 16.6. The minimum absolute atomic E-state index is 0.309. The molecule has 1 amide bonds. The van der Waals surface area contributed by atoms with Gasteiger partial charge >= 0.3 is 0 Å². The molecule has 7 nitrogen and oxygen atoms in total. The lowest BCUT2D eigenvalue weighted by molar-refractivity contribution is -0.497. The molecular formula is C15H16N4O3. The van der Waals surface area contributed by atoms with Gasteiger partial charge in [-0.3, -0.25) is 14.9 Å². The first-order chi connectivity index (χ1) is 10.5. The molecule has 0 aliphatic heterocycles. The smallest absolute Gasteiger partial charge is 0.235 e. The average Bonchev–Trinajstić information content (AvgIpc) is 3.21. The van der Waals surface area contributed by atoms with Crippen molar-refractivity contribution in [1.29, 1.82) is 0 Å². The fourth-order valence-corrected chi connectivity index (χ4v) is 2.44. The fourth-order valence-electron chi connectivity index (χ4n) is 2.44. The molecule has 1 fully saturated rings. The van der Waals surface area contributed by atoms with E-state index < -0.39 is 16.9 Å². The van der Waals surface area contributed by atoms with Gasteiger partial charge in [-0.1, -0.05) is 30.3 Å². The van der Waals surface area contributed by atoms with Crippen LogP contribution in [0, 0.1) is 23.0 Å². The van der Waals surface area contributed by atoms with Crippen molar-refractivity contribution in [3.63, 3.8) is 0 Å². The Morgan fingerprint density at radius 1 is 1.45 bits per heavy atom. The van der Waals surface area contributed by atoms with Crippen molar-refractivity contribution in [3.05, 3.63) is 57.8 Å². The number of hydrogen-bond donors (Lipinski definition) is 1. The first kappa shape index (κ1) is 14.2. The normalized spacial score (nSPS) is 19.7. The second-order valence-electron chi connectivity index (χ2n) is 5.50. The van der Waals surface area contributed by atoms with Crippen LogP contribution in [0.25, 0.3) is 0 Å². The fraction of sp³-hybridized carbons (Fsp3) is 0.333. The Hall–Kier alpha value is -2.70. The number of aromatic nitrogens is 2. The summed E-state index contributed by atoms with van der Waals surface area (Å²) in [5.74, 6) is -0.272. The number of carbonyl (C=O) groups excluding carboxylic acids is 1. The number of nitrogens with one attached hydrogen (secondary N) is 1. The summed E-state index contributed by atoms with van der Waals surface area (Å²) in [5, 5.41) is 17.8. The molecular weight excluding hydrogens is 284 g/mol. The van der Waals surface area contributed by atoms with Gasteiger partial charge in [-0.05, 0) is 12.5 Å². The van der Waals surface area contributed by atoms with Crippen LogP contribution in [0.3, 0.4) is 0 Å². The van der Waals surface area contributed by atoms with Crippen LogP contribution >= 0.6 is 0 Å². The SMILES string of the molecule is Cc1cc(NC(=O)C2CC2[N+](=O)[O-])n(Cc2ccccc2)n1. The highest BCUT2D eigenvalue weighted by Crippen LogP contribution is 2.34. The van der Waals surface area contributed by atoms with E-state index in [-0.39, 0.29) is 5.91 Å². The van der Waals surface area contributed by atoms with E-state index in [1.165, 1.54) is 0 Å². The average molecular weight is 300 g/mol. The topological polar surface area (TPSA) is 90.1 Å². The van der Waals surface area contributed by atoms with Crippen LogP contribution in [-0.4, -0.2) is 26.7 Å². The van der Waals surface area contributed by atoms with E-state index in [9.17, 15) is 14.9 Å². The maximum Gasteiger partial charge on any atom is 0.235 e. The molecule has 1 aliphatic carbocycles. The number of nitrogens with zero attached hydrogens (tertiary/aromatic N) is 3. The Bertz CT molecular complexity index is 711. The van der Waals surface area contributed by atoms with E-state index in [0.29, 0.717) is 18.8 Å². The third-order valence-corrected chi connectivity index (χ3v) is 3.69. The monoisotopic (exact) mass is 300 g/mol. The van der Waals surface area contributed by atoms with Gasteiger partial charge in [0.15, 0.2) is 0 Å². The number of rotatable bonds is 5. The number of aryl methyl sites for hydroxylation is 1. The van der Waals surface area contributed by atoms with E-state index in [0.717, 1.165) is 11.3 Å². The van der Waals surface area contributed by atoms with Crippen LogP contribution < -0.4 is 5.32 Å². The lowest BCUT2D eigenvalue weighted by atomic mass is 10.2. The molecule has 1 aliphatic rings. The third kappa shape index (κ3) is 2.98. The molecule has 1 N–H and O–H groups in total. The number of anilines is 1. The standard InChI is InChI=1S/C15H16N4O3/c1-10-7-14(16-15(20)12-8-13(12)19(21)22)18(17-10)9-11-5-3-2-4-6-11/h2-7,12-13H,8-9H2,1H3,(H,16,20). The predicted octanol–water partition coefficient (Wildman–Crippen LogP) is 1.84. The number of benzene rings is 1. The van der Waals surface area contributed by atoms with Crippen molar-refractivity contribution in [2.75, 3.05) is 5.32 Å². The summed E-state index contributed by atoms with van der Waals surface area (Å²) in [7, 11) is 0. The number of carbonyl (C=O) groups is 1. The zero-order valence-corrected chi connectivity index (χ0v) is 12.1. The van der Waals surface area contributed by atoms with Crippen molar-refractivity contribution in [1.82, 2.24) is 9.78 Å². The minimum Gasteiger partial charge on any atom is -0.310 e. The molecule has 1 heterocycles. The van der Waals surface area contributed by atoms with E-state index in [2.05, 4.69) is 10.4 Å². The van der Waals surface area contributed by atoms with Gasteiger partial charge in [-0.15, -0.1) is 0 Å². The Labute approximate surface area is 127 Å². The number of hydrogen-bond acceptors (Lipinski definition) is 4. The highest BCUT2D eigenvalue weighted by molar-refractivity contribution is 5.94. The Balaban J connectivity index is 1.72. The first-order valence-corrected chi connectivity index (χ1v) is 7.07. The van der Waals surface area contributed by atoms with Crippen LogP contribution in [0.2, 0.25) is 0 Å². The first-order valence-electron chi connectivity index (χ1n) is 7.07. The molecule has 1 saturated carbocycles. The van der Waals surface area contributed by atoms with Crippen LogP contribution in [0.15, 0.2) is 36.4 Å². The van der Waals surface area contributed by atoms with Crippen molar-refractivity contribution in [2.45, 2.75) is 25.9 Å². The Morgan fingerprint density at radius 2 is 2.18 bits per heavy atom. The Kier molecular flexibility index (Phi) is 3.62. The van der Waals surface area contributed by atoms with Crippen molar-refractivity contribution >= 4 is 11.7 Å². The van der Waals surface area contributed by atoms with E-state index in [4.69, 9.17) is 0 Å². The molecule has 0 bridgehead atoms. The lowest BCUT2D eigenvalue weighted by Crippen LogP contribution is -2.20. The van der Waals surface area contributed by atoms with Crippen LogP contribution in [0.1, 0.15) is 17.7 Å². The van der Waals surface area contributed by atoms with E-state index in [1.54, 1.807) is 10.7 Å². The molecule has 0 saturated heterocycles. The molecule has 1 aromatic heterocycles. The maximum atomic E-state index is 12.0. The lowest BCUT2D eigenvalue weighted by Gasteiger charge is -2.08. The van der Waals surface area contributed by atoms with E-state index >= 15 is 0 Å². The summed E-state index contributed by atoms with van der Waals surface area (Å²) in [6.07, 6.45) is 0.310. The quantitative estimate of drug-likeness (QED) is 0.674. The van der Waals surface area contributed by atoms with Gasteiger partial charge in [0.2, 0.25) is 11.9 Å². The predicted molar refractivity (Wildman–Crippen MR) is 80.0 cm³/mol. The highest BCUT2D eigenvalue weighted by Gasteiger charge is 2.53. The molecule has 2 unspecified atom stereocenters. The molecule has 114 valence electrons. The molecule has 3 rings (SSSR count). The molecule has 2 aromatic rings. The molecule has 22 heavy (non-hydrogen) atoms. The zero-order valence-electron chi connectivity index (χ0n) is 12.1. The van der Waals surface area contributed by atoms with Gasteiger partial charge in [-0.25, -0.2) is 4.68 Å². The number of nitro groups is 1. The Morgan fingerprint density at radius 3 is 2.82 bits per heavy atom. The summed E-state index contributed by atoms with van der Waals surface area (Å²) in [6.45, 7) is 2.38. The van der Waals surface area contributed by atoms with Crippen molar-refractivity contribution < 1.29 is 9.72 Å². The van der Waals surface area contributed by atoms with Crippen molar-refractivity contribution in [3.8, 4) is 0 Å². The summed E-state index contributed by atoms with van der Waals surface area (Å²) in [6, 6.07) is 10.8. The van der Waals surface area contributed by atoms with Crippen LogP contribution in [-0.2, 0) is 11.3 Å². The van der Waals surface area contributed by atoms with Gasteiger partial charge in [0.1, 0.15) is 11.7 Å². The maximum absolute atomic E-state index is 12.0. The third-order valence-electron chi connectivity index (χ3n) is 3.69. The van der Waals surface area contributed by atoms with Crippen molar-refractivity contribution in [2.24, 2.45) is 5.92 Å². The molecule has 0 spiro atoms. The van der Waals surface area contributed by atoms with Crippen LogP contribution in [0.5, 0.6) is 0 Å². The van der Waals surface area contributed by atoms with Gasteiger partial charge in [-0.2, -0.15) is 5.10 Å². The summed E-state index contributed by atoms with van der Waals surface area (Å²) < 4.78 is 1.70. The molecule has 7 heteroatoms. The zero-order chi connectivity index (χ0) is 15.7. The summed E-state index contributed by atoms with van der Waals surface area (Å²) in [5.41, 5.74) is 1.85. The second kappa shape index (κ2) is 5.59. The molecule has 0 radical (unpaired) electrons. The summed E-state index contributed by atoms with van der Waals surface area (Å²) in [4.78, 5) is 22.3.